The zero-order valence-corrected chi connectivity index (χ0v) is 13.1. The molecule has 2 rings (SSSR count). The molecule has 0 fully saturated rings. The third kappa shape index (κ3) is 3.91. The number of nitrogens with two attached hydrogens (primary N) is 1. The summed E-state index contributed by atoms with van der Waals surface area (Å²) in [6.45, 7) is 6.41. The molecule has 0 spiro atoms. The van der Waals surface area contributed by atoms with Gasteiger partial charge in [-0.2, -0.15) is 0 Å². The van der Waals surface area contributed by atoms with Crippen molar-refractivity contribution in [3.8, 4) is 0 Å². The van der Waals surface area contributed by atoms with Gasteiger partial charge in [-0.05, 0) is 38.0 Å². The first-order valence-corrected chi connectivity index (χ1v) is 7.49. The predicted molar refractivity (Wildman–Crippen MR) is 85.4 cm³/mol. The molecule has 0 aliphatic carbocycles. The summed E-state index contributed by atoms with van der Waals surface area (Å²) in [7, 11) is 0. The Labute approximate surface area is 127 Å². The number of nitrogens with one attached hydrogen (secondary N) is 2. The summed E-state index contributed by atoms with van der Waals surface area (Å²) in [4.78, 5) is 20.8. The number of carbonyl (C=O) groups is 1. The molecular formula is C14H19N5OS. The number of aromatic nitrogens is 2. The minimum atomic E-state index is -0.210. The van der Waals surface area contributed by atoms with Gasteiger partial charge in [-0.15, -0.1) is 0 Å². The van der Waals surface area contributed by atoms with E-state index < -0.39 is 0 Å². The van der Waals surface area contributed by atoms with E-state index in [0.29, 0.717) is 16.6 Å². The molecule has 0 aromatic carbocycles. The van der Waals surface area contributed by atoms with E-state index >= 15 is 0 Å². The Morgan fingerprint density at radius 2 is 2.24 bits per heavy atom. The van der Waals surface area contributed by atoms with Crippen molar-refractivity contribution in [2.75, 3.05) is 11.1 Å². The minimum Gasteiger partial charge on any atom is -0.382 e. The number of thiazole rings is 1. The zero-order valence-electron chi connectivity index (χ0n) is 12.3. The number of anilines is 2. The van der Waals surface area contributed by atoms with Crippen LogP contribution in [0.3, 0.4) is 0 Å². The minimum absolute atomic E-state index is 0.210. The lowest BCUT2D eigenvalue weighted by Gasteiger charge is -2.06. The largest absolute Gasteiger partial charge is 0.382 e. The second kappa shape index (κ2) is 6.53. The molecule has 4 N–H and O–H groups in total. The number of carbonyl (C=O) groups excluding carboxylic acids is 1. The average Bonchev–Trinajstić information content (AvgIpc) is 2.77. The van der Waals surface area contributed by atoms with Gasteiger partial charge in [-0.1, -0.05) is 11.3 Å². The predicted octanol–water partition coefficient (Wildman–Crippen LogP) is 2.18. The van der Waals surface area contributed by atoms with E-state index in [-0.39, 0.29) is 17.8 Å². The SMILES string of the molecule is Cc1cnccc1CNC(=O)c1sc(NC(C)C)nc1N. The van der Waals surface area contributed by atoms with E-state index in [1.165, 1.54) is 11.3 Å². The van der Waals surface area contributed by atoms with Gasteiger partial charge in [0.1, 0.15) is 10.7 Å². The Bertz CT molecular complexity index is 638. The van der Waals surface area contributed by atoms with Crippen LogP contribution in [0.5, 0.6) is 0 Å². The molecule has 2 heterocycles. The highest BCUT2D eigenvalue weighted by Crippen LogP contribution is 2.25. The standard InChI is InChI=1S/C14H19N5OS/c1-8(2)18-14-19-12(15)11(21-14)13(20)17-7-10-4-5-16-6-9(10)3/h4-6,8H,7,15H2,1-3H3,(H,17,20)(H,18,19). The van der Waals surface area contributed by atoms with Gasteiger partial charge in [0.25, 0.3) is 5.91 Å². The number of nitrogen functional groups attached to an aromatic ring is 1. The van der Waals surface area contributed by atoms with Gasteiger partial charge in [0, 0.05) is 25.0 Å². The van der Waals surface area contributed by atoms with Crippen molar-refractivity contribution in [3.05, 3.63) is 34.5 Å². The Hall–Kier alpha value is -2.15. The Morgan fingerprint density at radius 1 is 1.48 bits per heavy atom. The molecule has 0 radical (unpaired) electrons. The summed E-state index contributed by atoms with van der Waals surface area (Å²) >= 11 is 1.26. The van der Waals surface area contributed by atoms with E-state index in [9.17, 15) is 4.79 Å². The van der Waals surface area contributed by atoms with Crippen molar-refractivity contribution in [2.24, 2.45) is 0 Å². The van der Waals surface area contributed by atoms with Gasteiger partial charge in [0.05, 0.1) is 0 Å². The maximum absolute atomic E-state index is 12.2. The van der Waals surface area contributed by atoms with Gasteiger partial charge in [0.2, 0.25) is 0 Å². The molecule has 112 valence electrons. The molecule has 0 atom stereocenters. The maximum atomic E-state index is 12.2. The Kier molecular flexibility index (Phi) is 4.74. The molecular weight excluding hydrogens is 286 g/mol. The van der Waals surface area contributed by atoms with Crippen LogP contribution in [-0.4, -0.2) is 21.9 Å². The van der Waals surface area contributed by atoms with Gasteiger partial charge < -0.3 is 16.4 Å². The van der Waals surface area contributed by atoms with Crippen LogP contribution >= 0.6 is 11.3 Å². The highest BCUT2D eigenvalue weighted by Gasteiger charge is 2.16. The average molecular weight is 305 g/mol. The Morgan fingerprint density at radius 3 is 2.90 bits per heavy atom. The summed E-state index contributed by atoms with van der Waals surface area (Å²) in [5.74, 6) is 0.0464. The number of nitrogens with zero attached hydrogens (tertiary/aromatic N) is 2. The first-order chi connectivity index (χ1) is 9.97. The smallest absolute Gasteiger partial charge is 0.265 e. The van der Waals surface area contributed by atoms with E-state index in [2.05, 4.69) is 20.6 Å². The second-order valence-electron chi connectivity index (χ2n) is 5.02. The van der Waals surface area contributed by atoms with Gasteiger partial charge in [-0.3, -0.25) is 9.78 Å². The summed E-state index contributed by atoms with van der Waals surface area (Å²) in [5.41, 5.74) is 7.87. The molecule has 0 saturated heterocycles. The van der Waals surface area contributed by atoms with Crippen LogP contribution in [-0.2, 0) is 6.54 Å². The maximum Gasteiger partial charge on any atom is 0.265 e. The van der Waals surface area contributed by atoms with Gasteiger partial charge in [-0.25, -0.2) is 4.98 Å². The van der Waals surface area contributed by atoms with Crippen LogP contribution in [0.1, 0.15) is 34.6 Å². The molecule has 2 aromatic rings. The van der Waals surface area contributed by atoms with Crippen LogP contribution in [0.15, 0.2) is 18.5 Å². The van der Waals surface area contributed by atoms with Crippen molar-refractivity contribution in [1.82, 2.24) is 15.3 Å². The topological polar surface area (TPSA) is 92.9 Å². The van der Waals surface area contributed by atoms with Gasteiger partial charge >= 0.3 is 0 Å². The van der Waals surface area contributed by atoms with Crippen molar-refractivity contribution in [3.63, 3.8) is 0 Å². The van der Waals surface area contributed by atoms with Crippen molar-refractivity contribution >= 4 is 28.2 Å². The molecule has 0 unspecified atom stereocenters. The molecule has 6 nitrogen and oxygen atoms in total. The molecule has 1 amide bonds. The molecule has 2 aromatic heterocycles. The number of amides is 1. The Balaban J connectivity index is 2.04. The van der Waals surface area contributed by atoms with Crippen LogP contribution in [0, 0.1) is 6.92 Å². The number of pyridine rings is 1. The van der Waals surface area contributed by atoms with Crippen molar-refractivity contribution < 1.29 is 4.79 Å². The second-order valence-corrected chi connectivity index (χ2v) is 6.02. The number of aryl methyl sites for hydroxylation is 1. The highest BCUT2D eigenvalue weighted by molar-refractivity contribution is 7.18. The van der Waals surface area contributed by atoms with Gasteiger partial charge in [0.15, 0.2) is 5.13 Å². The third-order valence-electron chi connectivity index (χ3n) is 2.85. The third-order valence-corrected chi connectivity index (χ3v) is 3.85. The van der Waals surface area contributed by atoms with Crippen molar-refractivity contribution in [2.45, 2.75) is 33.4 Å². The fraction of sp³-hybridized carbons (Fsp3) is 0.357. The summed E-state index contributed by atoms with van der Waals surface area (Å²) < 4.78 is 0. The fourth-order valence-electron chi connectivity index (χ4n) is 1.76. The lowest BCUT2D eigenvalue weighted by molar-refractivity contribution is 0.0955. The number of hydrogen-bond donors (Lipinski definition) is 3. The van der Waals surface area contributed by atoms with Crippen molar-refractivity contribution in [1.29, 1.82) is 0 Å². The van der Waals surface area contributed by atoms with E-state index in [0.717, 1.165) is 11.1 Å². The zero-order chi connectivity index (χ0) is 15.4. The lowest BCUT2D eigenvalue weighted by atomic mass is 10.1. The molecule has 0 bridgehead atoms. The first-order valence-electron chi connectivity index (χ1n) is 6.68. The summed E-state index contributed by atoms with van der Waals surface area (Å²) in [6.07, 6.45) is 3.48. The highest BCUT2D eigenvalue weighted by atomic mass is 32.1. The number of rotatable bonds is 5. The normalized spacial score (nSPS) is 10.7. The molecule has 0 saturated carbocycles. The van der Waals surface area contributed by atoms with Crippen LogP contribution in [0.25, 0.3) is 0 Å². The summed E-state index contributed by atoms with van der Waals surface area (Å²) in [5, 5.41) is 6.66. The van der Waals surface area contributed by atoms with Crippen LogP contribution < -0.4 is 16.4 Å². The molecule has 0 aliphatic heterocycles. The molecule has 0 aliphatic rings. The quantitative estimate of drug-likeness (QED) is 0.787. The monoisotopic (exact) mass is 305 g/mol. The van der Waals surface area contributed by atoms with Crippen LogP contribution in [0.4, 0.5) is 10.9 Å². The van der Waals surface area contributed by atoms with E-state index in [4.69, 9.17) is 5.73 Å². The first kappa shape index (κ1) is 15.2. The van der Waals surface area contributed by atoms with E-state index in [1.807, 2.05) is 26.8 Å². The lowest BCUT2D eigenvalue weighted by Crippen LogP contribution is -2.23. The molecule has 21 heavy (non-hydrogen) atoms. The summed E-state index contributed by atoms with van der Waals surface area (Å²) in [6, 6.07) is 2.13. The number of hydrogen-bond acceptors (Lipinski definition) is 6. The van der Waals surface area contributed by atoms with E-state index in [1.54, 1.807) is 12.4 Å². The van der Waals surface area contributed by atoms with Crippen LogP contribution in [0.2, 0.25) is 0 Å². The fourth-order valence-corrected chi connectivity index (χ4v) is 2.71. The molecule has 7 heteroatoms.